The maximum absolute atomic E-state index is 8.58. The molecule has 0 rings (SSSR count). The third-order valence-corrected chi connectivity index (χ3v) is 5.18. The van der Waals surface area contributed by atoms with Crippen LogP contribution in [0, 0.1) is 0 Å². The molecule has 0 heterocycles. The van der Waals surface area contributed by atoms with E-state index in [0.29, 0.717) is 6.61 Å². The number of rotatable bonds is 13. The number of aliphatic hydroxyl groups is 1. The van der Waals surface area contributed by atoms with Crippen molar-refractivity contribution in [1.82, 2.24) is 0 Å². The van der Waals surface area contributed by atoms with E-state index in [2.05, 4.69) is 12.6 Å². The van der Waals surface area contributed by atoms with Gasteiger partial charge in [-0.25, -0.2) is 0 Å². The molecule has 0 aromatic heterocycles. The summed E-state index contributed by atoms with van der Waals surface area (Å²) in [5.41, 5.74) is 0. The van der Waals surface area contributed by atoms with Crippen LogP contribution in [0.2, 0.25) is 0 Å². The summed E-state index contributed by atoms with van der Waals surface area (Å²) in [7, 11) is 0. The van der Waals surface area contributed by atoms with Crippen LogP contribution in [-0.4, -0.2) is 65.2 Å². The maximum Gasteiger partial charge on any atom is 0.0557 e. The Morgan fingerprint density at radius 2 is 1.38 bits per heavy atom. The van der Waals surface area contributed by atoms with Gasteiger partial charge in [0.2, 0.25) is 0 Å². The maximum atomic E-state index is 8.58. The van der Waals surface area contributed by atoms with E-state index in [-0.39, 0.29) is 0 Å². The Balaban J connectivity index is 2.83. The van der Waals surface area contributed by atoms with Crippen LogP contribution in [0.3, 0.4) is 0 Å². The molecule has 98 valence electrons. The van der Waals surface area contributed by atoms with Gasteiger partial charge in [-0.15, -0.1) is 0 Å². The summed E-state index contributed by atoms with van der Waals surface area (Å²) in [6, 6.07) is 0. The van der Waals surface area contributed by atoms with Crippen molar-refractivity contribution in [3.8, 4) is 0 Å². The molecule has 0 radical (unpaired) electrons. The highest BCUT2D eigenvalue weighted by atomic mass is 32.2. The molecule has 0 fully saturated rings. The molecule has 0 aliphatic heterocycles. The molecule has 0 amide bonds. The quantitative estimate of drug-likeness (QED) is 0.402. The zero-order chi connectivity index (χ0) is 11.9. The molecule has 0 aromatic carbocycles. The molecule has 0 saturated heterocycles. The molecule has 2 nitrogen and oxygen atoms in total. The van der Waals surface area contributed by atoms with Gasteiger partial charge in [-0.1, -0.05) is 0 Å². The van der Waals surface area contributed by atoms with Gasteiger partial charge >= 0.3 is 0 Å². The smallest absolute Gasteiger partial charge is 0.0557 e. The molecule has 16 heavy (non-hydrogen) atoms. The van der Waals surface area contributed by atoms with Crippen LogP contribution in [0.4, 0.5) is 0 Å². The first-order valence-corrected chi connectivity index (χ1v) is 9.54. The Kier molecular flexibility index (Phi) is 17.7. The first-order chi connectivity index (χ1) is 7.91. The van der Waals surface area contributed by atoms with Gasteiger partial charge in [-0.2, -0.15) is 47.9 Å². The largest absolute Gasteiger partial charge is 0.396 e. The van der Waals surface area contributed by atoms with E-state index in [9.17, 15) is 0 Å². The number of ether oxygens (including phenoxy) is 1. The van der Waals surface area contributed by atoms with Crippen molar-refractivity contribution in [1.29, 1.82) is 0 Å². The van der Waals surface area contributed by atoms with E-state index in [1.807, 2.05) is 35.3 Å². The van der Waals surface area contributed by atoms with Crippen LogP contribution < -0.4 is 0 Å². The molecule has 0 aliphatic carbocycles. The second-order valence-electron chi connectivity index (χ2n) is 2.90. The molecular weight excluding hydrogens is 280 g/mol. The fraction of sp³-hybridized carbons (Fsp3) is 1.00. The van der Waals surface area contributed by atoms with Crippen LogP contribution in [0.15, 0.2) is 0 Å². The minimum Gasteiger partial charge on any atom is -0.396 e. The lowest BCUT2D eigenvalue weighted by atomic mass is 10.8. The average molecular weight is 303 g/mol. The van der Waals surface area contributed by atoms with Gasteiger partial charge in [0.05, 0.1) is 19.8 Å². The molecule has 0 spiro atoms. The Labute approximate surface area is 117 Å². The number of aliphatic hydroxyl groups excluding tert-OH is 1. The molecular formula is C10H22O2S4. The lowest BCUT2D eigenvalue weighted by Crippen LogP contribution is -2.01. The van der Waals surface area contributed by atoms with Gasteiger partial charge < -0.3 is 9.84 Å². The minimum atomic E-state index is 0.303. The van der Waals surface area contributed by atoms with E-state index in [1.54, 1.807) is 0 Å². The van der Waals surface area contributed by atoms with Crippen LogP contribution in [0.25, 0.3) is 0 Å². The molecule has 1 N–H and O–H groups in total. The van der Waals surface area contributed by atoms with E-state index >= 15 is 0 Å². The predicted molar refractivity (Wildman–Crippen MR) is 83.7 cm³/mol. The van der Waals surface area contributed by atoms with Gasteiger partial charge in [0.15, 0.2) is 0 Å². The number of hydrogen-bond acceptors (Lipinski definition) is 6. The van der Waals surface area contributed by atoms with Crippen molar-refractivity contribution >= 4 is 47.9 Å². The highest BCUT2D eigenvalue weighted by molar-refractivity contribution is 8.04. The molecule has 0 aliphatic rings. The molecule has 0 bridgehead atoms. The molecule has 0 unspecified atom stereocenters. The SMILES string of the molecule is OCCSCCSCCSCCOCCS. The highest BCUT2D eigenvalue weighted by Gasteiger charge is 1.93. The van der Waals surface area contributed by atoms with Crippen LogP contribution in [0.5, 0.6) is 0 Å². The lowest BCUT2D eigenvalue weighted by Gasteiger charge is -2.03. The summed E-state index contributed by atoms with van der Waals surface area (Å²) in [5, 5.41) is 8.58. The molecule has 6 heteroatoms. The zero-order valence-corrected chi connectivity index (χ0v) is 12.9. The fourth-order valence-electron chi connectivity index (χ4n) is 0.891. The Morgan fingerprint density at radius 3 is 1.94 bits per heavy atom. The first kappa shape index (κ1) is 17.3. The normalized spacial score (nSPS) is 10.9. The number of thiol groups is 1. The Morgan fingerprint density at radius 1 is 0.812 bits per heavy atom. The van der Waals surface area contributed by atoms with E-state index in [1.165, 1.54) is 17.3 Å². The summed E-state index contributed by atoms with van der Waals surface area (Å²) < 4.78 is 5.32. The summed E-state index contributed by atoms with van der Waals surface area (Å²) in [6.45, 7) is 1.92. The summed E-state index contributed by atoms with van der Waals surface area (Å²) in [5.74, 6) is 7.55. The van der Waals surface area contributed by atoms with Crippen molar-refractivity contribution in [2.75, 3.05) is 60.1 Å². The van der Waals surface area contributed by atoms with E-state index in [4.69, 9.17) is 9.84 Å². The highest BCUT2D eigenvalue weighted by Crippen LogP contribution is 2.09. The molecule has 0 aromatic rings. The number of thioether (sulfide) groups is 3. The van der Waals surface area contributed by atoms with Gasteiger partial charge in [-0.3, -0.25) is 0 Å². The second-order valence-corrected chi connectivity index (χ2v) is 7.02. The van der Waals surface area contributed by atoms with Crippen LogP contribution in [0.1, 0.15) is 0 Å². The Hall–Kier alpha value is 1.32. The zero-order valence-electron chi connectivity index (χ0n) is 9.60. The van der Waals surface area contributed by atoms with Crippen molar-refractivity contribution in [3.05, 3.63) is 0 Å². The fourth-order valence-corrected chi connectivity index (χ4v) is 3.88. The average Bonchev–Trinajstić information content (AvgIpc) is 2.31. The Bertz CT molecular complexity index is 113. The summed E-state index contributed by atoms with van der Waals surface area (Å²) in [4.78, 5) is 0. The minimum absolute atomic E-state index is 0.303. The van der Waals surface area contributed by atoms with E-state index in [0.717, 1.165) is 36.2 Å². The van der Waals surface area contributed by atoms with Gasteiger partial charge in [0.25, 0.3) is 0 Å². The van der Waals surface area contributed by atoms with Crippen molar-refractivity contribution in [3.63, 3.8) is 0 Å². The van der Waals surface area contributed by atoms with Gasteiger partial charge in [-0.05, 0) is 0 Å². The topological polar surface area (TPSA) is 29.5 Å². The first-order valence-electron chi connectivity index (χ1n) is 5.44. The predicted octanol–water partition coefficient (Wildman–Crippen LogP) is 2.12. The molecule has 0 atom stereocenters. The standard InChI is InChI=1S/C10H22O2S4/c11-1-5-14-7-9-16-10-8-15-6-3-12-2-4-13/h11,13H,1-10H2. The van der Waals surface area contributed by atoms with Gasteiger partial charge in [0.1, 0.15) is 0 Å². The van der Waals surface area contributed by atoms with Crippen LogP contribution >= 0.6 is 47.9 Å². The summed E-state index contributed by atoms with van der Waals surface area (Å²) in [6.07, 6.45) is 0. The van der Waals surface area contributed by atoms with E-state index < -0.39 is 0 Å². The molecule has 0 saturated carbocycles. The third kappa shape index (κ3) is 15.3. The van der Waals surface area contributed by atoms with Crippen LogP contribution in [-0.2, 0) is 4.74 Å². The monoisotopic (exact) mass is 302 g/mol. The van der Waals surface area contributed by atoms with Crippen molar-refractivity contribution in [2.45, 2.75) is 0 Å². The lowest BCUT2D eigenvalue weighted by molar-refractivity contribution is 0.167. The number of hydrogen-bond donors (Lipinski definition) is 2. The second kappa shape index (κ2) is 16.3. The summed E-state index contributed by atoms with van der Waals surface area (Å²) >= 11 is 9.85. The van der Waals surface area contributed by atoms with Crippen molar-refractivity contribution < 1.29 is 9.84 Å². The van der Waals surface area contributed by atoms with Crippen molar-refractivity contribution in [2.24, 2.45) is 0 Å². The van der Waals surface area contributed by atoms with Gasteiger partial charge in [0, 0.05) is 40.3 Å². The third-order valence-electron chi connectivity index (χ3n) is 1.59.